The first kappa shape index (κ1) is 11.9. The Morgan fingerprint density at radius 3 is 2.50 bits per heavy atom. The van der Waals surface area contributed by atoms with Crippen molar-refractivity contribution in [1.29, 1.82) is 0 Å². The summed E-state index contributed by atoms with van der Waals surface area (Å²) in [5.41, 5.74) is 5.61. The smallest absolute Gasteiger partial charge is 0.0743 e. The predicted molar refractivity (Wildman–Crippen MR) is 65.5 cm³/mol. The van der Waals surface area contributed by atoms with Gasteiger partial charge in [0.05, 0.1) is 4.99 Å². The average Bonchev–Trinajstić information content (AvgIpc) is 2.94. The van der Waals surface area contributed by atoms with Crippen LogP contribution in [-0.2, 0) is 0 Å². The van der Waals surface area contributed by atoms with E-state index in [-0.39, 0.29) is 0 Å². The second-order valence-corrected chi connectivity index (χ2v) is 4.79. The lowest BCUT2D eigenvalue weighted by molar-refractivity contribution is 0.197. The monoisotopic (exact) mass is 214 g/mol. The standard InChI is InChI=1S/C11H22N2S/c1-3-10(7-11(12)14)13(4-2)8-9-5-6-9/h9-10H,3-8H2,1-2H3,(H2,12,14). The fourth-order valence-corrected chi connectivity index (χ4v) is 2.12. The lowest BCUT2D eigenvalue weighted by atomic mass is 10.1. The van der Waals surface area contributed by atoms with Crippen LogP contribution >= 0.6 is 12.2 Å². The van der Waals surface area contributed by atoms with Gasteiger partial charge in [-0.25, -0.2) is 0 Å². The van der Waals surface area contributed by atoms with Crippen molar-refractivity contribution in [2.45, 2.75) is 45.6 Å². The number of hydrogen-bond acceptors (Lipinski definition) is 2. The molecule has 1 unspecified atom stereocenters. The fraction of sp³-hybridized carbons (Fsp3) is 0.909. The van der Waals surface area contributed by atoms with Crippen LogP contribution in [0.4, 0.5) is 0 Å². The Morgan fingerprint density at radius 1 is 1.50 bits per heavy atom. The van der Waals surface area contributed by atoms with Crippen molar-refractivity contribution in [2.75, 3.05) is 13.1 Å². The second kappa shape index (κ2) is 5.66. The van der Waals surface area contributed by atoms with E-state index in [9.17, 15) is 0 Å². The van der Waals surface area contributed by atoms with Gasteiger partial charge in [0.2, 0.25) is 0 Å². The van der Waals surface area contributed by atoms with Gasteiger partial charge in [-0.05, 0) is 31.7 Å². The molecule has 0 aromatic heterocycles. The topological polar surface area (TPSA) is 29.3 Å². The summed E-state index contributed by atoms with van der Waals surface area (Å²) in [6.07, 6.45) is 4.87. The molecule has 2 nitrogen and oxygen atoms in total. The summed E-state index contributed by atoms with van der Waals surface area (Å²) < 4.78 is 0. The zero-order chi connectivity index (χ0) is 10.6. The third-order valence-corrected chi connectivity index (χ3v) is 3.19. The van der Waals surface area contributed by atoms with Gasteiger partial charge in [0, 0.05) is 19.0 Å². The molecule has 1 atom stereocenters. The molecule has 1 aliphatic carbocycles. The van der Waals surface area contributed by atoms with E-state index in [1.807, 2.05) is 0 Å². The van der Waals surface area contributed by atoms with Crippen LogP contribution < -0.4 is 5.73 Å². The van der Waals surface area contributed by atoms with E-state index >= 15 is 0 Å². The average molecular weight is 214 g/mol. The van der Waals surface area contributed by atoms with Crippen LogP contribution in [0.3, 0.4) is 0 Å². The maximum absolute atomic E-state index is 5.61. The minimum atomic E-state index is 0.568. The Hall–Kier alpha value is -0.150. The highest BCUT2D eigenvalue weighted by molar-refractivity contribution is 7.80. The number of hydrogen-bond donors (Lipinski definition) is 1. The van der Waals surface area contributed by atoms with Crippen molar-refractivity contribution in [3.05, 3.63) is 0 Å². The SMILES string of the molecule is CCC(CC(N)=S)N(CC)CC1CC1. The lowest BCUT2D eigenvalue weighted by Crippen LogP contribution is -2.38. The summed E-state index contributed by atoms with van der Waals surface area (Å²) >= 11 is 4.99. The van der Waals surface area contributed by atoms with Gasteiger partial charge in [0.25, 0.3) is 0 Å². The molecule has 1 rings (SSSR count). The molecule has 1 saturated carbocycles. The van der Waals surface area contributed by atoms with Crippen molar-refractivity contribution in [2.24, 2.45) is 11.7 Å². The van der Waals surface area contributed by atoms with Gasteiger partial charge in [-0.1, -0.05) is 26.1 Å². The van der Waals surface area contributed by atoms with E-state index in [1.54, 1.807) is 0 Å². The molecule has 14 heavy (non-hydrogen) atoms. The number of rotatable bonds is 7. The summed E-state index contributed by atoms with van der Waals surface area (Å²) in [6.45, 7) is 6.82. The molecule has 0 amide bonds. The van der Waals surface area contributed by atoms with Gasteiger partial charge in [-0.2, -0.15) is 0 Å². The molecule has 82 valence electrons. The van der Waals surface area contributed by atoms with Crippen molar-refractivity contribution in [3.8, 4) is 0 Å². The van der Waals surface area contributed by atoms with Crippen molar-refractivity contribution in [1.82, 2.24) is 4.90 Å². The lowest BCUT2D eigenvalue weighted by Gasteiger charge is -2.29. The largest absolute Gasteiger partial charge is 0.393 e. The summed E-state index contributed by atoms with van der Waals surface area (Å²) in [5.74, 6) is 0.954. The molecule has 1 fully saturated rings. The van der Waals surface area contributed by atoms with Crippen molar-refractivity contribution >= 4 is 17.2 Å². The molecule has 0 aromatic carbocycles. The van der Waals surface area contributed by atoms with Crippen LogP contribution in [0.25, 0.3) is 0 Å². The highest BCUT2D eigenvalue weighted by atomic mass is 32.1. The van der Waals surface area contributed by atoms with E-state index in [1.165, 1.54) is 19.4 Å². The minimum absolute atomic E-state index is 0.568. The van der Waals surface area contributed by atoms with Crippen molar-refractivity contribution < 1.29 is 0 Å². The Balaban J connectivity index is 2.39. The Kier molecular flexibility index (Phi) is 4.82. The van der Waals surface area contributed by atoms with Gasteiger partial charge in [0.15, 0.2) is 0 Å². The quantitative estimate of drug-likeness (QED) is 0.659. The van der Waals surface area contributed by atoms with Crippen LogP contribution in [0.15, 0.2) is 0 Å². The normalized spacial score (nSPS) is 18.5. The first-order valence-corrected chi connectivity index (χ1v) is 6.10. The highest BCUT2D eigenvalue weighted by Gasteiger charge is 2.26. The first-order valence-electron chi connectivity index (χ1n) is 5.69. The molecule has 2 N–H and O–H groups in total. The van der Waals surface area contributed by atoms with Crippen LogP contribution in [-0.4, -0.2) is 29.0 Å². The minimum Gasteiger partial charge on any atom is -0.393 e. The molecular weight excluding hydrogens is 192 g/mol. The van der Waals surface area contributed by atoms with Crippen LogP contribution in [0.5, 0.6) is 0 Å². The van der Waals surface area contributed by atoms with E-state index < -0.39 is 0 Å². The molecule has 3 heteroatoms. The number of thiocarbonyl (C=S) groups is 1. The molecule has 0 saturated heterocycles. The fourth-order valence-electron chi connectivity index (χ4n) is 1.93. The summed E-state index contributed by atoms with van der Waals surface area (Å²) in [4.78, 5) is 3.20. The Labute approximate surface area is 92.8 Å². The van der Waals surface area contributed by atoms with Crippen LogP contribution in [0.2, 0.25) is 0 Å². The first-order chi connectivity index (χ1) is 6.67. The van der Waals surface area contributed by atoms with Gasteiger partial charge in [-0.3, -0.25) is 4.90 Å². The third-order valence-electron chi connectivity index (χ3n) is 3.02. The van der Waals surface area contributed by atoms with Gasteiger partial charge >= 0.3 is 0 Å². The molecule has 0 heterocycles. The number of nitrogens with two attached hydrogens (primary N) is 1. The Morgan fingerprint density at radius 2 is 2.14 bits per heavy atom. The molecule has 1 aliphatic rings. The van der Waals surface area contributed by atoms with Crippen molar-refractivity contribution in [3.63, 3.8) is 0 Å². The highest BCUT2D eigenvalue weighted by Crippen LogP contribution is 2.30. The van der Waals surface area contributed by atoms with E-state index in [0.717, 1.165) is 25.3 Å². The van der Waals surface area contributed by atoms with Crippen LogP contribution in [0, 0.1) is 5.92 Å². The van der Waals surface area contributed by atoms with Gasteiger partial charge < -0.3 is 5.73 Å². The van der Waals surface area contributed by atoms with Gasteiger partial charge in [-0.15, -0.1) is 0 Å². The maximum Gasteiger partial charge on any atom is 0.0743 e. The van der Waals surface area contributed by atoms with Gasteiger partial charge in [0.1, 0.15) is 0 Å². The summed E-state index contributed by atoms with van der Waals surface area (Å²) in [7, 11) is 0. The maximum atomic E-state index is 5.61. The van der Waals surface area contributed by atoms with E-state index in [0.29, 0.717) is 11.0 Å². The summed E-state index contributed by atoms with van der Waals surface area (Å²) in [5, 5.41) is 0. The van der Waals surface area contributed by atoms with E-state index in [2.05, 4.69) is 18.7 Å². The zero-order valence-electron chi connectivity index (χ0n) is 9.33. The Bertz CT molecular complexity index is 190. The van der Waals surface area contributed by atoms with E-state index in [4.69, 9.17) is 18.0 Å². The van der Waals surface area contributed by atoms with Crippen LogP contribution in [0.1, 0.15) is 39.5 Å². The molecule has 0 radical (unpaired) electrons. The second-order valence-electron chi connectivity index (χ2n) is 4.26. The summed E-state index contributed by atoms with van der Waals surface area (Å²) in [6, 6.07) is 0.568. The molecule has 0 bridgehead atoms. The molecule has 0 aromatic rings. The molecule has 0 spiro atoms. The molecule has 0 aliphatic heterocycles. The predicted octanol–water partition coefficient (Wildman–Crippen LogP) is 2.17. The molecular formula is C11H22N2S. The third kappa shape index (κ3) is 3.93. The number of nitrogens with zero attached hydrogens (tertiary/aromatic N) is 1. The zero-order valence-corrected chi connectivity index (χ0v) is 10.1.